The highest BCUT2D eigenvalue weighted by Crippen LogP contribution is 2.26. The van der Waals surface area contributed by atoms with Gasteiger partial charge in [-0.05, 0) is 49.4 Å². The van der Waals surface area contributed by atoms with Crippen molar-refractivity contribution >= 4 is 29.2 Å². The number of carboxylic acids is 1. The fourth-order valence-corrected chi connectivity index (χ4v) is 3.44. The molecule has 0 saturated carbocycles. The Bertz CT molecular complexity index is 651. The second kappa shape index (κ2) is 7.55. The van der Waals surface area contributed by atoms with Gasteiger partial charge in [0.25, 0.3) is 0 Å². The van der Waals surface area contributed by atoms with Gasteiger partial charge in [0.1, 0.15) is 6.04 Å². The number of anilines is 2. The van der Waals surface area contributed by atoms with Crippen LogP contribution in [0.2, 0.25) is 0 Å². The molecular formula is C18H23N3O4. The molecule has 1 unspecified atom stereocenters. The lowest BCUT2D eigenvalue weighted by molar-refractivity contribution is -0.138. The largest absolute Gasteiger partial charge is 0.481 e. The number of carbonyl (C=O) groups excluding carboxylic acids is 2. The number of aliphatic carboxylic acids is 1. The number of piperidine rings is 2. The number of hydrogen-bond acceptors (Lipinski definition) is 5. The molecular weight excluding hydrogens is 322 g/mol. The third kappa shape index (κ3) is 4.49. The maximum Gasteiger partial charge on any atom is 0.303 e. The fourth-order valence-electron chi connectivity index (χ4n) is 3.44. The SMILES string of the molecule is O=C(O)CC1CCN(c2ccc(NC3CCC(=O)NC3=O)cc2)CC1. The van der Waals surface area contributed by atoms with Gasteiger partial charge in [0, 0.05) is 37.3 Å². The molecule has 1 aromatic rings. The van der Waals surface area contributed by atoms with Crippen molar-refractivity contribution in [3.63, 3.8) is 0 Å². The van der Waals surface area contributed by atoms with Gasteiger partial charge in [-0.25, -0.2) is 0 Å². The summed E-state index contributed by atoms with van der Waals surface area (Å²) in [6.45, 7) is 1.72. The lowest BCUT2D eigenvalue weighted by Gasteiger charge is -2.33. The number of benzene rings is 1. The van der Waals surface area contributed by atoms with Crippen LogP contribution in [0.5, 0.6) is 0 Å². The Morgan fingerprint density at radius 2 is 1.84 bits per heavy atom. The zero-order valence-electron chi connectivity index (χ0n) is 14.0. The molecule has 0 bridgehead atoms. The monoisotopic (exact) mass is 345 g/mol. The number of rotatable bonds is 5. The van der Waals surface area contributed by atoms with Gasteiger partial charge in [-0.15, -0.1) is 0 Å². The predicted octanol–water partition coefficient (Wildman–Crippen LogP) is 1.59. The van der Waals surface area contributed by atoms with Gasteiger partial charge >= 0.3 is 5.97 Å². The van der Waals surface area contributed by atoms with Crippen LogP contribution in [0.25, 0.3) is 0 Å². The van der Waals surface area contributed by atoms with Crippen molar-refractivity contribution in [3.8, 4) is 0 Å². The van der Waals surface area contributed by atoms with Crippen LogP contribution in [0.1, 0.15) is 32.1 Å². The number of carboxylic acid groups (broad SMARTS) is 1. The Morgan fingerprint density at radius 3 is 2.44 bits per heavy atom. The molecule has 7 heteroatoms. The average molecular weight is 345 g/mol. The predicted molar refractivity (Wildman–Crippen MR) is 93.4 cm³/mol. The van der Waals surface area contributed by atoms with Gasteiger partial charge in [-0.2, -0.15) is 0 Å². The van der Waals surface area contributed by atoms with Crippen LogP contribution in [0.3, 0.4) is 0 Å². The molecule has 25 heavy (non-hydrogen) atoms. The lowest BCUT2D eigenvalue weighted by atomic mass is 9.93. The second-order valence-electron chi connectivity index (χ2n) is 6.72. The standard InChI is InChI=1S/C18H23N3O4/c22-16-6-5-15(18(25)20-16)19-13-1-3-14(4-2-13)21-9-7-12(8-10-21)11-17(23)24/h1-4,12,15,19H,5-11H2,(H,23,24)(H,20,22,25). The summed E-state index contributed by atoms with van der Waals surface area (Å²) in [4.78, 5) is 36.0. The minimum absolute atomic E-state index is 0.218. The van der Waals surface area contributed by atoms with E-state index in [9.17, 15) is 14.4 Å². The number of nitrogens with one attached hydrogen (secondary N) is 2. The first-order chi connectivity index (χ1) is 12.0. The zero-order chi connectivity index (χ0) is 17.8. The third-order valence-corrected chi connectivity index (χ3v) is 4.89. The molecule has 134 valence electrons. The van der Waals surface area contributed by atoms with Crippen molar-refractivity contribution in [3.05, 3.63) is 24.3 Å². The summed E-state index contributed by atoms with van der Waals surface area (Å²) >= 11 is 0. The van der Waals surface area contributed by atoms with Crippen molar-refractivity contribution in [2.24, 2.45) is 5.92 Å². The molecule has 1 atom stereocenters. The van der Waals surface area contributed by atoms with Crippen molar-refractivity contribution in [1.29, 1.82) is 0 Å². The van der Waals surface area contributed by atoms with Crippen molar-refractivity contribution < 1.29 is 19.5 Å². The maximum absolute atomic E-state index is 11.8. The summed E-state index contributed by atoms with van der Waals surface area (Å²) in [5, 5.41) is 14.4. The fraction of sp³-hybridized carbons (Fsp3) is 0.500. The smallest absolute Gasteiger partial charge is 0.303 e. The van der Waals surface area contributed by atoms with Crippen molar-refractivity contribution in [2.45, 2.75) is 38.1 Å². The number of imide groups is 1. The van der Waals surface area contributed by atoms with Crippen LogP contribution in [0, 0.1) is 5.92 Å². The Labute approximate surface area is 146 Å². The third-order valence-electron chi connectivity index (χ3n) is 4.89. The molecule has 2 heterocycles. The summed E-state index contributed by atoms with van der Waals surface area (Å²) in [6.07, 6.45) is 2.89. The summed E-state index contributed by atoms with van der Waals surface area (Å²) in [6, 6.07) is 7.50. The van der Waals surface area contributed by atoms with E-state index in [2.05, 4.69) is 15.5 Å². The quantitative estimate of drug-likeness (QED) is 0.701. The van der Waals surface area contributed by atoms with Gasteiger partial charge in [-0.3, -0.25) is 19.7 Å². The maximum atomic E-state index is 11.8. The normalized spacial score (nSPS) is 21.8. The van der Waals surface area contributed by atoms with E-state index in [1.54, 1.807) is 0 Å². The molecule has 2 aliphatic rings. The molecule has 3 N–H and O–H groups in total. The zero-order valence-corrected chi connectivity index (χ0v) is 14.0. The van der Waals surface area contributed by atoms with Crippen LogP contribution in [-0.2, 0) is 14.4 Å². The highest BCUT2D eigenvalue weighted by atomic mass is 16.4. The highest BCUT2D eigenvalue weighted by molar-refractivity contribution is 6.01. The Kier molecular flexibility index (Phi) is 5.21. The Balaban J connectivity index is 1.53. The van der Waals surface area contributed by atoms with Crippen LogP contribution in [-0.4, -0.2) is 42.0 Å². The molecule has 1 aromatic carbocycles. The van der Waals surface area contributed by atoms with E-state index in [0.29, 0.717) is 12.8 Å². The first kappa shape index (κ1) is 17.3. The molecule has 0 aromatic heterocycles. The first-order valence-electron chi connectivity index (χ1n) is 8.68. The summed E-state index contributed by atoms with van der Waals surface area (Å²) in [5.74, 6) is -0.949. The number of nitrogens with zero attached hydrogens (tertiary/aromatic N) is 1. The number of carbonyl (C=O) groups is 3. The molecule has 3 rings (SSSR count). The number of amides is 2. The van der Waals surface area contributed by atoms with Gasteiger partial charge in [0.05, 0.1) is 0 Å². The van der Waals surface area contributed by atoms with Crippen LogP contribution in [0.15, 0.2) is 24.3 Å². The highest BCUT2D eigenvalue weighted by Gasteiger charge is 2.26. The van der Waals surface area contributed by atoms with Crippen LogP contribution < -0.4 is 15.5 Å². The Morgan fingerprint density at radius 1 is 1.16 bits per heavy atom. The molecule has 0 radical (unpaired) electrons. The van der Waals surface area contributed by atoms with E-state index in [4.69, 9.17) is 5.11 Å². The van der Waals surface area contributed by atoms with Crippen molar-refractivity contribution in [1.82, 2.24) is 5.32 Å². The second-order valence-corrected chi connectivity index (χ2v) is 6.72. The molecule has 2 fully saturated rings. The van der Waals surface area contributed by atoms with Crippen LogP contribution >= 0.6 is 0 Å². The van der Waals surface area contributed by atoms with Gasteiger partial charge in [-0.1, -0.05) is 0 Å². The van der Waals surface area contributed by atoms with Gasteiger partial charge in [0.2, 0.25) is 11.8 Å². The van der Waals surface area contributed by atoms with E-state index in [0.717, 1.165) is 37.3 Å². The molecule has 2 saturated heterocycles. The minimum atomic E-state index is -0.720. The summed E-state index contributed by atoms with van der Waals surface area (Å²) < 4.78 is 0. The van der Waals surface area contributed by atoms with E-state index < -0.39 is 5.97 Å². The topological polar surface area (TPSA) is 98.7 Å². The van der Waals surface area contributed by atoms with Gasteiger partial charge in [0.15, 0.2) is 0 Å². The van der Waals surface area contributed by atoms with E-state index in [-0.39, 0.29) is 30.2 Å². The lowest BCUT2D eigenvalue weighted by Crippen LogP contribution is -2.47. The van der Waals surface area contributed by atoms with Crippen LogP contribution in [0.4, 0.5) is 11.4 Å². The molecule has 7 nitrogen and oxygen atoms in total. The van der Waals surface area contributed by atoms with E-state index >= 15 is 0 Å². The average Bonchev–Trinajstić information content (AvgIpc) is 2.58. The molecule has 0 spiro atoms. The molecule has 2 amide bonds. The van der Waals surface area contributed by atoms with E-state index in [1.807, 2.05) is 24.3 Å². The molecule has 2 aliphatic heterocycles. The van der Waals surface area contributed by atoms with Crippen molar-refractivity contribution in [2.75, 3.05) is 23.3 Å². The minimum Gasteiger partial charge on any atom is -0.481 e. The Hall–Kier alpha value is -2.57. The van der Waals surface area contributed by atoms with E-state index in [1.165, 1.54) is 0 Å². The first-order valence-corrected chi connectivity index (χ1v) is 8.68. The number of hydrogen-bond donors (Lipinski definition) is 3. The summed E-state index contributed by atoms with van der Waals surface area (Å²) in [5.41, 5.74) is 1.95. The van der Waals surface area contributed by atoms with Gasteiger partial charge < -0.3 is 15.3 Å². The molecule has 0 aliphatic carbocycles. The summed E-state index contributed by atoms with van der Waals surface area (Å²) in [7, 11) is 0.